The molecule has 0 radical (unpaired) electrons. The third kappa shape index (κ3) is 2.14. The summed E-state index contributed by atoms with van der Waals surface area (Å²) in [5.41, 5.74) is 0.717. The number of carbonyl (C=O) groups excluding carboxylic acids is 2. The molecular formula is C11H7BrF3NO2. The zero-order valence-electron chi connectivity index (χ0n) is 8.79. The number of nitrogens with one attached hydrogen (secondary N) is 1. The van der Waals surface area contributed by atoms with Crippen LogP contribution in [0, 0.1) is 0 Å². The Kier molecular flexibility index (Phi) is 3.18. The van der Waals surface area contributed by atoms with Crippen molar-refractivity contribution >= 4 is 27.6 Å². The highest BCUT2D eigenvalue weighted by Crippen LogP contribution is 2.36. The van der Waals surface area contributed by atoms with E-state index in [2.05, 4.69) is 15.9 Å². The molecule has 1 N–H and O–H groups in total. The minimum atomic E-state index is -4.96. The van der Waals surface area contributed by atoms with Crippen LogP contribution in [-0.2, 0) is 4.79 Å². The lowest BCUT2D eigenvalue weighted by atomic mass is 10.1. The van der Waals surface area contributed by atoms with Crippen LogP contribution in [-0.4, -0.2) is 22.7 Å². The number of fused-ring (bicyclic) bond motifs is 1. The number of carbonyl (C=O) groups is 2. The number of alkyl halides is 4. The van der Waals surface area contributed by atoms with Crippen molar-refractivity contribution in [3.63, 3.8) is 0 Å². The standard InChI is InChI=1S/C11H7BrF3NO2/c12-7-8(16-10(18)11(13,14)15)5-3-1-2-4-6(5)9(7)17/h1-4,7-8H,(H,16,18)/t7-,8+/m0/s1. The van der Waals surface area contributed by atoms with Gasteiger partial charge in [0.2, 0.25) is 0 Å². The number of Topliss-reactive ketones (excluding diaryl/α,β-unsaturated/α-hetero) is 1. The van der Waals surface area contributed by atoms with Crippen LogP contribution in [0.4, 0.5) is 13.2 Å². The van der Waals surface area contributed by atoms with Gasteiger partial charge in [0.25, 0.3) is 0 Å². The Morgan fingerprint density at radius 1 is 1.28 bits per heavy atom. The van der Waals surface area contributed by atoms with Gasteiger partial charge in [0.15, 0.2) is 5.78 Å². The number of ketones is 1. The first-order chi connectivity index (χ1) is 8.32. The van der Waals surface area contributed by atoms with Crippen molar-refractivity contribution in [2.24, 2.45) is 0 Å². The molecule has 1 aromatic rings. The highest BCUT2D eigenvalue weighted by atomic mass is 79.9. The molecule has 0 aromatic heterocycles. The Hall–Kier alpha value is -1.37. The van der Waals surface area contributed by atoms with Crippen LogP contribution in [0.25, 0.3) is 0 Å². The summed E-state index contributed by atoms with van der Waals surface area (Å²) in [4.78, 5) is 21.8. The quantitative estimate of drug-likeness (QED) is 0.807. The summed E-state index contributed by atoms with van der Waals surface area (Å²) in [6, 6.07) is 5.26. The molecule has 0 heterocycles. The second kappa shape index (κ2) is 4.38. The Morgan fingerprint density at radius 2 is 1.89 bits per heavy atom. The van der Waals surface area contributed by atoms with Crippen molar-refractivity contribution in [3.05, 3.63) is 35.4 Å². The first-order valence-electron chi connectivity index (χ1n) is 4.97. The molecule has 18 heavy (non-hydrogen) atoms. The first-order valence-corrected chi connectivity index (χ1v) is 5.89. The zero-order valence-corrected chi connectivity index (χ0v) is 10.4. The third-order valence-electron chi connectivity index (χ3n) is 2.65. The fourth-order valence-electron chi connectivity index (χ4n) is 1.82. The summed E-state index contributed by atoms with van der Waals surface area (Å²) in [5.74, 6) is -2.39. The van der Waals surface area contributed by atoms with Crippen molar-refractivity contribution in [1.82, 2.24) is 5.32 Å². The summed E-state index contributed by atoms with van der Waals surface area (Å²) >= 11 is 3.01. The van der Waals surface area contributed by atoms with Gasteiger partial charge in [-0.15, -0.1) is 0 Å². The maximum atomic E-state index is 12.2. The van der Waals surface area contributed by atoms with E-state index in [4.69, 9.17) is 0 Å². The van der Waals surface area contributed by atoms with Gasteiger partial charge in [-0.1, -0.05) is 40.2 Å². The Morgan fingerprint density at radius 3 is 2.50 bits per heavy atom. The second-order valence-corrected chi connectivity index (χ2v) is 4.79. The van der Waals surface area contributed by atoms with Crippen molar-refractivity contribution < 1.29 is 22.8 Å². The third-order valence-corrected chi connectivity index (χ3v) is 3.59. The number of amides is 1. The Labute approximate surface area is 108 Å². The molecule has 1 aromatic carbocycles. The Bertz CT molecular complexity index is 515. The molecular weight excluding hydrogens is 315 g/mol. The van der Waals surface area contributed by atoms with Gasteiger partial charge < -0.3 is 5.32 Å². The van der Waals surface area contributed by atoms with Crippen molar-refractivity contribution in [1.29, 1.82) is 0 Å². The molecule has 0 spiro atoms. The average molecular weight is 322 g/mol. The highest BCUT2D eigenvalue weighted by molar-refractivity contribution is 9.10. The number of rotatable bonds is 1. The van der Waals surface area contributed by atoms with Crippen LogP contribution in [0.1, 0.15) is 22.0 Å². The molecule has 2 rings (SSSR count). The van der Waals surface area contributed by atoms with Crippen LogP contribution in [0.15, 0.2) is 24.3 Å². The minimum Gasteiger partial charge on any atom is -0.340 e. The summed E-state index contributed by atoms with van der Waals surface area (Å²) in [7, 11) is 0. The molecule has 0 fully saturated rings. The smallest absolute Gasteiger partial charge is 0.340 e. The summed E-state index contributed by atoms with van der Waals surface area (Å²) < 4.78 is 36.6. The van der Waals surface area contributed by atoms with Crippen LogP contribution >= 0.6 is 15.9 Å². The predicted molar refractivity (Wildman–Crippen MR) is 60.4 cm³/mol. The van der Waals surface area contributed by atoms with E-state index >= 15 is 0 Å². The first kappa shape index (κ1) is 13.1. The van der Waals surface area contributed by atoms with Gasteiger partial charge >= 0.3 is 12.1 Å². The van der Waals surface area contributed by atoms with Crippen LogP contribution in [0.3, 0.4) is 0 Å². The lowest BCUT2D eigenvalue weighted by molar-refractivity contribution is -0.174. The van der Waals surface area contributed by atoms with Crippen LogP contribution in [0.5, 0.6) is 0 Å². The fourth-order valence-corrected chi connectivity index (χ4v) is 2.49. The molecule has 0 bridgehead atoms. The number of hydrogen-bond donors (Lipinski definition) is 1. The van der Waals surface area contributed by atoms with Crippen LogP contribution < -0.4 is 5.32 Å². The van der Waals surface area contributed by atoms with Gasteiger partial charge in [-0.05, 0) is 5.56 Å². The van der Waals surface area contributed by atoms with Crippen molar-refractivity contribution in [3.8, 4) is 0 Å². The maximum absolute atomic E-state index is 12.2. The van der Waals surface area contributed by atoms with Gasteiger partial charge in [-0.3, -0.25) is 9.59 Å². The van der Waals surface area contributed by atoms with Gasteiger partial charge in [0, 0.05) is 5.56 Å². The monoisotopic (exact) mass is 321 g/mol. The van der Waals surface area contributed by atoms with Gasteiger partial charge in [-0.25, -0.2) is 0 Å². The van der Waals surface area contributed by atoms with Crippen molar-refractivity contribution in [2.75, 3.05) is 0 Å². The van der Waals surface area contributed by atoms with E-state index in [0.29, 0.717) is 11.1 Å². The molecule has 0 aliphatic heterocycles. The number of benzene rings is 1. The largest absolute Gasteiger partial charge is 0.471 e. The minimum absolute atomic E-state index is 0.326. The van der Waals surface area contributed by atoms with E-state index in [0.717, 1.165) is 0 Å². The molecule has 0 saturated carbocycles. The van der Waals surface area contributed by atoms with E-state index in [1.807, 2.05) is 5.32 Å². The van der Waals surface area contributed by atoms with E-state index in [1.165, 1.54) is 12.1 Å². The lowest BCUT2D eigenvalue weighted by Crippen LogP contribution is -2.41. The van der Waals surface area contributed by atoms with Crippen molar-refractivity contribution in [2.45, 2.75) is 17.0 Å². The normalized spacial score (nSPS) is 22.8. The molecule has 1 amide bonds. The molecule has 3 nitrogen and oxygen atoms in total. The number of halogens is 4. The molecule has 96 valence electrons. The summed E-state index contributed by atoms with van der Waals surface area (Å²) in [6.07, 6.45) is -4.96. The second-order valence-electron chi connectivity index (χ2n) is 3.80. The van der Waals surface area contributed by atoms with E-state index in [1.54, 1.807) is 12.1 Å². The molecule has 7 heteroatoms. The maximum Gasteiger partial charge on any atom is 0.471 e. The predicted octanol–water partition coefficient (Wildman–Crippen LogP) is 2.37. The van der Waals surface area contributed by atoms with Gasteiger partial charge in [-0.2, -0.15) is 13.2 Å². The SMILES string of the molecule is O=C1c2ccccc2[C@@H](NC(=O)C(F)(F)F)[C@@H]1Br. The molecule has 0 unspecified atom stereocenters. The van der Waals surface area contributed by atoms with E-state index < -0.39 is 23.0 Å². The van der Waals surface area contributed by atoms with E-state index in [9.17, 15) is 22.8 Å². The van der Waals surface area contributed by atoms with Crippen LogP contribution in [0.2, 0.25) is 0 Å². The average Bonchev–Trinajstić information content (AvgIpc) is 2.54. The Balaban J connectivity index is 2.30. The number of hydrogen-bond acceptors (Lipinski definition) is 2. The zero-order chi connectivity index (χ0) is 13.5. The molecule has 1 aliphatic rings. The topological polar surface area (TPSA) is 46.2 Å². The van der Waals surface area contributed by atoms with Gasteiger partial charge in [0.1, 0.15) is 4.83 Å². The highest BCUT2D eigenvalue weighted by Gasteiger charge is 2.45. The lowest BCUT2D eigenvalue weighted by Gasteiger charge is -2.17. The van der Waals surface area contributed by atoms with Gasteiger partial charge in [0.05, 0.1) is 6.04 Å². The molecule has 1 aliphatic carbocycles. The fraction of sp³-hybridized carbons (Fsp3) is 0.273. The summed E-state index contributed by atoms with van der Waals surface area (Å²) in [6.45, 7) is 0. The summed E-state index contributed by atoms with van der Waals surface area (Å²) in [5, 5.41) is 1.82. The molecule has 0 saturated heterocycles. The molecule has 2 atom stereocenters. The van der Waals surface area contributed by atoms with E-state index in [-0.39, 0.29) is 5.78 Å².